The van der Waals surface area contributed by atoms with Gasteiger partial charge in [0.1, 0.15) is 13.7 Å². The van der Waals surface area contributed by atoms with Crippen molar-refractivity contribution in [1.29, 1.82) is 5.41 Å². The van der Waals surface area contributed by atoms with Gasteiger partial charge < -0.3 is 25.6 Å². The van der Waals surface area contributed by atoms with Crippen molar-refractivity contribution in [3.05, 3.63) is 46.2 Å². The molecule has 1 aromatic carbocycles. The highest BCUT2D eigenvalue weighted by molar-refractivity contribution is 6.03. The van der Waals surface area contributed by atoms with Crippen molar-refractivity contribution in [1.82, 2.24) is 0 Å². The van der Waals surface area contributed by atoms with Crippen LogP contribution in [0.2, 0.25) is 0 Å². The van der Waals surface area contributed by atoms with Crippen LogP contribution in [0, 0.1) is 12.3 Å². The summed E-state index contributed by atoms with van der Waals surface area (Å²) in [5.41, 5.74) is 7.57. The van der Waals surface area contributed by atoms with E-state index in [9.17, 15) is 8.78 Å². The molecule has 0 aliphatic rings. The summed E-state index contributed by atoms with van der Waals surface area (Å²) in [5.74, 6) is 0. The molecule has 0 saturated carbocycles. The normalized spacial score (nSPS) is 11.4. The second-order valence-corrected chi connectivity index (χ2v) is 5.16. The third-order valence-corrected chi connectivity index (χ3v) is 3.32. The molecule has 0 amide bonds. The highest BCUT2D eigenvalue weighted by Gasteiger charge is 2.11. The zero-order valence-electron chi connectivity index (χ0n) is 18.1. The maximum absolute atomic E-state index is 12.5. The predicted molar refractivity (Wildman–Crippen MR) is 114 cm³/mol. The Balaban J connectivity index is 0. The van der Waals surface area contributed by atoms with Crippen LogP contribution in [0.4, 0.5) is 8.78 Å². The van der Waals surface area contributed by atoms with E-state index in [2.05, 4.69) is 15.0 Å². The van der Waals surface area contributed by atoms with Gasteiger partial charge in [0.25, 0.3) is 12.9 Å². The second kappa shape index (κ2) is 17.8. The van der Waals surface area contributed by atoms with E-state index in [-0.39, 0.29) is 12.2 Å². The van der Waals surface area contributed by atoms with Gasteiger partial charge in [0.15, 0.2) is 0 Å². The van der Waals surface area contributed by atoms with Gasteiger partial charge in [-0.05, 0) is 19.4 Å². The zero-order chi connectivity index (χ0) is 23.5. The number of carbonyl (C=O) groups excluding carboxylic acids is 1. The molecule has 0 spiro atoms. The van der Waals surface area contributed by atoms with Crippen LogP contribution in [0.5, 0.6) is 0 Å². The molecule has 30 heavy (non-hydrogen) atoms. The number of halogens is 2. The number of nitrogens with zero attached hydrogens (tertiary/aromatic N) is 2. The summed E-state index contributed by atoms with van der Waals surface area (Å²) in [5, 5.41) is 14.6. The van der Waals surface area contributed by atoms with Crippen LogP contribution in [0.3, 0.4) is 0 Å². The lowest BCUT2D eigenvalue weighted by Crippen LogP contribution is -2.13. The largest absolute Gasteiger partial charge is 0.471 e. The molecule has 0 bridgehead atoms. The van der Waals surface area contributed by atoms with E-state index < -0.39 is 12.1 Å². The molecule has 0 atom stereocenters. The molecular weight excluding hydrogens is 398 g/mol. The monoisotopic (exact) mass is 428 g/mol. The number of benzene rings is 1. The lowest BCUT2D eigenvalue weighted by atomic mass is 10.00. The van der Waals surface area contributed by atoms with Gasteiger partial charge in [0.05, 0.1) is 24.7 Å². The van der Waals surface area contributed by atoms with Crippen molar-refractivity contribution in [3.63, 3.8) is 0 Å². The first-order chi connectivity index (χ1) is 14.3. The highest BCUT2D eigenvalue weighted by Crippen LogP contribution is 2.17. The summed E-state index contributed by atoms with van der Waals surface area (Å²) in [6.07, 6.45) is -1.17. The van der Waals surface area contributed by atoms with Crippen molar-refractivity contribution in [2.24, 2.45) is 16.0 Å². The number of nitrogens with two attached hydrogens (primary N) is 1. The van der Waals surface area contributed by atoms with E-state index >= 15 is 0 Å². The lowest BCUT2D eigenvalue weighted by molar-refractivity contribution is -0.126. The molecule has 0 aliphatic heterocycles. The Kier molecular flexibility index (Phi) is 17.1. The van der Waals surface area contributed by atoms with Crippen LogP contribution in [0.1, 0.15) is 37.5 Å². The molecule has 1 rings (SSSR count). The number of rotatable bonds is 9. The van der Waals surface area contributed by atoms with Crippen molar-refractivity contribution in [3.8, 4) is 0 Å². The van der Waals surface area contributed by atoms with Gasteiger partial charge in [-0.3, -0.25) is 4.79 Å². The first-order valence-corrected chi connectivity index (χ1v) is 8.90. The smallest absolute Gasteiger partial charge is 0.292 e. The van der Waals surface area contributed by atoms with Crippen LogP contribution in [-0.4, -0.2) is 45.3 Å². The number of oxime groups is 2. The molecule has 0 fully saturated rings. The zero-order valence-corrected chi connectivity index (χ0v) is 18.1. The number of hydrogen-bond acceptors (Lipinski definition) is 8. The average Bonchev–Trinajstić information content (AvgIpc) is 2.75. The summed E-state index contributed by atoms with van der Waals surface area (Å²) < 4.78 is 28.8. The van der Waals surface area contributed by atoms with E-state index in [1.807, 2.05) is 39.0 Å². The van der Waals surface area contributed by atoms with Gasteiger partial charge in [-0.1, -0.05) is 42.4 Å². The number of allylic oxidation sites excluding steroid dienone is 2. The van der Waals surface area contributed by atoms with Gasteiger partial charge in [-0.2, -0.15) is 0 Å². The van der Waals surface area contributed by atoms with Crippen molar-refractivity contribution < 1.29 is 28.0 Å². The van der Waals surface area contributed by atoms with Crippen LogP contribution in [-0.2, 0) is 25.8 Å². The SMILES string of the molecule is CC.CO/N=C(/C)c1cccc(C)c1CO/N=C/C(C=N)=C(/N)C(F)F.COC=O. The van der Waals surface area contributed by atoms with E-state index in [1.54, 1.807) is 6.92 Å². The second-order valence-electron chi connectivity index (χ2n) is 5.16. The number of methoxy groups -OCH3 is 1. The summed E-state index contributed by atoms with van der Waals surface area (Å²) in [6.45, 7) is 8.18. The number of alkyl halides is 2. The number of hydrogen-bond donors (Lipinski definition) is 2. The van der Waals surface area contributed by atoms with Crippen LogP contribution >= 0.6 is 0 Å². The fourth-order valence-corrected chi connectivity index (χ4v) is 1.94. The quantitative estimate of drug-likeness (QED) is 0.352. The Morgan fingerprint density at radius 1 is 1.30 bits per heavy atom. The molecule has 8 nitrogen and oxygen atoms in total. The first-order valence-electron chi connectivity index (χ1n) is 8.90. The number of aryl methyl sites for hydroxylation is 1. The van der Waals surface area contributed by atoms with Crippen molar-refractivity contribution >= 4 is 24.6 Å². The maximum Gasteiger partial charge on any atom is 0.292 e. The third kappa shape index (κ3) is 10.9. The van der Waals surface area contributed by atoms with Gasteiger partial charge in [0, 0.05) is 22.9 Å². The molecule has 3 N–H and O–H groups in total. The topological polar surface area (TPSA) is 119 Å². The highest BCUT2D eigenvalue weighted by atomic mass is 19.3. The predicted octanol–water partition coefficient (Wildman–Crippen LogP) is 3.81. The first kappa shape index (κ1) is 28.9. The molecule has 10 heteroatoms. The molecule has 0 aliphatic carbocycles. The Hall–Kier alpha value is -3.30. The molecule has 0 aromatic heterocycles. The standard InChI is InChI=1S/C16H20F2N4O2.C2H4O2.C2H6/c1-10-5-4-6-13(11(2)22-23-3)14(10)9-24-21-8-12(7-19)15(20)16(17)18;1-4-2-3;1-2/h4-8,16,19H,9,20H2,1-3H3;2H,1H3;1-2H3/b15-12+,19-7?,21-8+,22-11-;;. The molecular formula is C20H30F2N4O4. The minimum atomic E-state index is -2.86. The van der Waals surface area contributed by atoms with E-state index in [1.165, 1.54) is 14.2 Å². The maximum atomic E-state index is 12.5. The van der Waals surface area contributed by atoms with Gasteiger partial charge in [-0.25, -0.2) is 8.78 Å². The van der Waals surface area contributed by atoms with Crippen LogP contribution in [0.25, 0.3) is 0 Å². The van der Waals surface area contributed by atoms with Gasteiger partial charge in [0.2, 0.25) is 0 Å². The van der Waals surface area contributed by atoms with Gasteiger partial charge >= 0.3 is 0 Å². The number of carbonyl (C=O) groups is 1. The summed E-state index contributed by atoms with van der Waals surface area (Å²) in [4.78, 5) is 18.9. The Labute approximate surface area is 175 Å². The lowest BCUT2D eigenvalue weighted by Gasteiger charge is -2.11. The van der Waals surface area contributed by atoms with Crippen LogP contribution < -0.4 is 5.73 Å². The number of ether oxygens (including phenoxy) is 1. The summed E-state index contributed by atoms with van der Waals surface area (Å²) in [6, 6.07) is 5.65. The minimum absolute atomic E-state index is 0.106. The van der Waals surface area contributed by atoms with Gasteiger partial charge in [-0.15, -0.1) is 0 Å². The number of nitrogens with one attached hydrogen (secondary N) is 1. The summed E-state index contributed by atoms with van der Waals surface area (Å²) in [7, 11) is 2.77. The van der Waals surface area contributed by atoms with Crippen LogP contribution in [0.15, 0.2) is 39.8 Å². The molecule has 0 heterocycles. The van der Waals surface area contributed by atoms with E-state index in [0.29, 0.717) is 18.4 Å². The van der Waals surface area contributed by atoms with E-state index in [4.69, 9.17) is 25.6 Å². The fourth-order valence-electron chi connectivity index (χ4n) is 1.94. The fraction of sp³-hybridized carbons (Fsp3) is 0.400. The van der Waals surface area contributed by atoms with Crippen molar-refractivity contribution in [2.75, 3.05) is 14.2 Å². The molecule has 1 aromatic rings. The Morgan fingerprint density at radius 3 is 2.37 bits per heavy atom. The third-order valence-electron chi connectivity index (χ3n) is 3.32. The molecule has 0 unspecified atom stereocenters. The molecule has 168 valence electrons. The summed E-state index contributed by atoms with van der Waals surface area (Å²) >= 11 is 0. The minimum Gasteiger partial charge on any atom is -0.471 e. The van der Waals surface area contributed by atoms with Crippen molar-refractivity contribution in [2.45, 2.75) is 40.7 Å². The molecule has 0 saturated heterocycles. The Bertz CT molecular complexity index is 736. The Morgan fingerprint density at radius 2 is 1.90 bits per heavy atom. The average molecular weight is 428 g/mol. The molecule has 0 radical (unpaired) electrons. The van der Waals surface area contributed by atoms with E-state index in [0.717, 1.165) is 22.9 Å².